The van der Waals surface area contributed by atoms with Crippen LogP contribution in [0.1, 0.15) is 59.7 Å². The van der Waals surface area contributed by atoms with Crippen LogP contribution < -0.4 is 0 Å². The van der Waals surface area contributed by atoms with Gasteiger partial charge in [0.05, 0.1) is 0 Å². The van der Waals surface area contributed by atoms with Gasteiger partial charge in [0.15, 0.2) is 0 Å². The van der Waals surface area contributed by atoms with Crippen molar-refractivity contribution in [1.29, 1.82) is 0 Å². The summed E-state index contributed by atoms with van der Waals surface area (Å²) < 4.78 is 6.67. The molecule has 0 fully saturated rings. The number of rotatable bonds is 13. The fraction of sp³-hybridized carbons (Fsp3) is 0.450. The quantitative estimate of drug-likeness (QED) is 0.173. The van der Waals surface area contributed by atoms with E-state index in [-0.39, 0.29) is 0 Å². The zero-order chi connectivity index (χ0) is 16.3. The van der Waals surface area contributed by atoms with Gasteiger partial charge in [0.2, 0.25) is 0 Å². The molecule has 0 unspecified atom stereocenters. The minimum atomic E-state index is -0.681. The second kappa shape index (κ2) is 18.4. The number of carbonyl (C=O) groups is 1. The minimum Gasteiger partial charge on any atom is -0.299 e. The molecule has 0 rings (SSSR count). The third kappa shape index (κ3) is 18.4. The Labute approximate surface area is 132 Å². The number of unbranched alkanes of at least 4 members (excludes halogenated alkanes) is 7. The summed E-state index contributed by atoms with van der Waals surface area (Å²) in [4.78, 5) is 10.3. The third-order valence-electron chi connectivity index (χ3n) is 3.05. The van der Waals surface area contributed by atoms with Crippen molar-refractivity contribution in [2.24, 2.45) is 0 Å². The van der Waals surface area contributed by atoms with E-state index in [2.05, 4.69) is 19.1 Å². The predicted octanol–water partition coefficient (Wildman–Crippen LogP) is 6.11. The fourth-order valence-electron chi connectivity index (χ4n) is 1.87. The molecule has 1 heteroatoms. The Morgan fingerprint density at radius 3 is 1.71 bits per heavy atom. The molecule has 0 aromatic heterocycles. The summed E-state index contributed by atoms with van der Waals surface area (Å²) in [6.07, 6.45) is 28.4. The number of hydrogen-bond acceptors (Lipinski definition) is 1. The molecule has 0 heterocycles. The summed E-state index contributed by atoms with van der Waals surface area (Å²) in [6.45, 7) is 2.25. The van der Waals surface area contributed by atoms with Crippen LogP contribution in [0.25, 0.3) is 0 Å². The van der Waals surface area contributed by atoms with E-state index in [9.17, 15) is 4.79 Å². The van der Waals surface area contributed by atoms with Gasteiger partial charge in [-0.1, -0.05) is 100 Å². The van der Waals surface area contributed by atoms with Crippen molar-refractivity contribution < 1.29 is 6.17 Å². The van der Waals surface area contributed by atoms with Crippen molar-refractivity contribution in [1.82, 2.24) is 0 Å². The van der Waals surface area contributed by atoms with E-state index in [1.165, 1.54) is 51.0 Å². The molecular formula is C20H30O. The van der Waals surface area contributed by atoms with Gasteiger partial charge in [0.25, 0.3) is 0 Å². The Morgan fingerprint density at radius 1 is 0.667 bits per heavy atom. The summed E-state index contributed by atoms with van der Waals surface area (Å²) in [5, 5.41) is 0. The molecule has 0 aliphatic rings. The van der Waals surface area contributed by atoms with Gasteiger partial charge in [-0.15, -0.1) is 0 Å². The van der Waals surface area contributed by atoms with Crippen LogP contribution >= 0.6 is 0 Å². The number of hydrogen-bond donors (Lipinski definition) is 0. The number of allylic oxidation sites excluding steroid dienone is 10. The van der Waals surface area contributed by atoms with Crippen LogP contribution in [-0.4, -0.2) is 6.26 Å². The van der Waals surface area contributed by atoms with Crippen molar-refractivity contribution in [3.8, 4) is 0 Å². The average molecular weight is 287 g/mol. The topological polar surface area (TPSA) is 17.1 Å². The molecule has 0 atom stereocenters. The highest BCUT2D eigenvalue weighted by atomic mass is 16.1. The van der Waals surface area contributed by atoms with Gasteiger partial charge >= 0.3 is 0 Å². The monoisotopic (exact) mass is 287 g/mol. The Kier molecular flexibility index (Phi) is 15.2. The SMILES string of the molecule is [2H]C(=O)C=CC=CC=CC=CC=CCCCCCCCCC. The summed E-state index contributed by atoms with van der Waals surface area (Å²) >= 11 is 0. The smallest absolute Gasteiger partial charge is 0.142 e. The van der Waals surface area contributed by atoms with E-state index in [1.54, 1.807) is 12.2 Å². The Balaban J connectivity index is 3.50. The van der Waals surface area contributed by atoms with Gasteiger partial charge < -0.3 is 0 Å². The first-order valence-corrected chi connectivity index (χ1v) is 8.11. The molecule has 1 nitrogen and oxygen atoms in total. The van der Waals surface area contributed by atoms with E-state index in [4.69, 9.17) is 1.37 Å². The molecule has 0 N–H and O–H groups in total. The van der Waals surface area contributed by atoms with E-state index in [1.807, 2.05) is 30.4 Å². The van der Waals surface area contributed by atoms with Crippen LogP contribution in [-0.2, 0) is 4.79 Å². The highest BCUT2D eigenvalue weighted by Crippen LogP contribution is 2.08. The predicted molar refractivity (Wildman–Crippen MR) is 94.4 cm³/mol. The number of carbonyl (C=O) groups excluding carboxylic acids is 1. The highest BCUT2D eigenvalue weighted by molar-refractivity contribution is 5.65. The zero-order valence-electron chi connectivity index (χ0n) is 14.3. The van der Waals surface area contributed by atoms with E-state index in [0.717, 1.165) is 6.42 Å². The van der Waals surface area contributed by atoms with Gasteiger partial charge in [-0.2, -0.15) is 0 Å². The summed E-state index contributed by atoms with van der Waals surface area (Å²) in [7, 11) is 0. The van der Waals surface area contributed by atoms with Crippen LogP contribution in [0.5, 0.6) is 0 Å². The summed E-state index contributed by atoms with van der Waals surface area (Å²) in [5.41, 5.74) is 0. The van der Waals surface area contributed by atoms with Crippen LogP contribution in [0.4, 0.5) is 0 Å². The van der Waals surface area contributed by atoms with Crippen LogP contribution in [0.3, 0.4) is 0 Å². The lowest BCUT2D eigenvalue weighted by Crippen LogP contribution is -1.78. The lowest BCUT2D eigenvalue weighted by Gasteiger charge is -1.98. The minimum absolute atomic E-state index is 0.681. The lowest BCUT2D eigenvalue weighted by molar-refractivity contribution is -0.104. The molecule has 0 saturated heterocycles. The molecule has 0 radical (unpaired) electrons. The second-order valence-electron chi connectivity index (χ2n) is 4.97. The van der Waals surface area contributed by atoms with Crippen molar-refractivity contribution in [2.75, 3.05) is 0 Å². The largest absolute Gasteiger partial charge is 0.299 e. The standard InChI is InChI=1S/C20H30O/c1-2-3-4-5-6-7-8-9-10-11-12-13-14-15-16-17-18-19-20-21/h10-20H,2-9H2,1H3/i20D. The van der Waals surface area contributed by atoms with E-state index in [0.29, 0.717) is 0 Å². The average Bonchev–Trinajstić information content (AvgIpc) is 2.50. The van der Waals surface area contributed by atoms with Crippen LogP contribution in [0.15, 0.2) is 60.8 Å². The van der Waals surface area contributed by atoms with Gasteiger partial charge in [-0.25, -0.2) is 0 Å². The molecule has 0 amide bonds. The first kappa shape index (κ1) is 17.4. The molecule has 0 aromatic rings. The summed E-state index contributed by atoms with van der Waals surface area (Å²) in [6, 6.07) is 0. The van der Waals surface area contributed by atoms with Gasteiger partial charge in [-0.05, 0) is 18.9 Å². The molecule has 116 valence electrons. The zero-order valence-corrected chi connectivity index (χ0v) is 13.3. The van der Waals surface area contributed by atoms with Crippen molar-refractivity contribution in [3.05, 3.63) is 60.8 Å². The molecule has 0 bridgehead atoms. The molecule has 0 spiro atoms. The van der Waals surface area contributed by atoms with Crippen molar-refractivity contribution >= 4 is 6.26 Å². The van der Waals surface area contributed by atoms with Crippen molar-refractivity contribution in [2.45, 2.75) is 58.3 Å². The van der Waals surface area contributed by atoms with Gasteiger partial charge in [0.1, 0.15) is 7.63 Å². The van der Waals surface area contributed by atoms with Crippen LogP contribution in [0, 0.1) is 0 Å². The van der Waals surface area contributed by atoms with Crippen LogP contribution in [0.2, 0.25) is 0 Å². The third-order valence-corrected chi connectivity index (χ3v) is 3.05. The molecule has 21 heavy (non-hydrogen) atoms. The first-order valence-electron chi connectivity index (χ1n) is 8.61. The second-order valence-corrected chi connectivity index (χ2v) is 4.97. The Hall–Kier alpha value is -1.63. The molecule has 0 aliphatic carbocycles. The maximum atomic E-state index is 10.3. The normalized spacial score (nSPS) is 13.5. The Bertz CT molecular complexity index is 400. The van der Waals surface area contributed by atoms with E-state index < -0.39 is 6.26 Å². The van der Waals surface area contributed by atoms with E-state index >= 15 is 0 Å². The maximum absolute atomic E-state index is 10.3. The van der Waals surface area contributed by atoms with Gasteiger partial charge in [-0.3, -0.25) is 4.79 Å². The molecule has 0 aliphatic heterocycles. The first-order chi connectivity index (χ1) is 10.8. The molecule has 0 aromatic carbocycles. The number of aldehydes is 1. The van der Waals surface area contributed by atoms with Gasteiger partial charge in [0, 0.05) is 0 Å². The lowest BCUT2D eigenvalue weighted by atomic mass is 10.1. The molecule has 0 saturated carbocycles. The van der Waals surface area contributed by atoms with Crippen molar-refractivity contribution in [3.63, 3.8) is 0 Å². The Morgan fingerprint density at radius 2 is 1.14 bits per heavy atom. The summed E-state index contributed by atoms with van der Waals surface area (Å²) in [5.74, 6) is 0. The molecular weight excluding hydrogens is 256 g/mol. The maximum Gasteiger partial charge on any atom is 0.142 e. The highest BCUT2D eigenvalue weighted by Gasteiger charge is 1.88. The fourth-order valence-corrected chi connectivity index (χ4v) is 1.87.